The highest BCUT2D eigenvalue weighted by atomic mass is 35.5. The lowest BCUT2D eigenvalue weighted by Gasteiger charge is -2.13. The summed E-state index contributed by atoms with van der Waals surface area (Å²) in [7, 11) is 1.64. The predicted molar refractivity (Wildman–Crippen MR) is 123 cm³/mol. The number of amidine groups is 1. The van der Waals surface area contributed by atoms with Crippen molar-refractivity contribution in [3.05, 3.63) is 57.5 Å². The number of likely N-dealkylation sites (N-methyl/N-ethyl adjacent to an activating group) is 1. The number of amides is 1. The van der Waals surface area contributed by atoms with Crippen LogP contribution < -0.4 is 9.47 Å². The number of benzene rings is 2. The van der Waals surface area contributed by atoms with Gasteiger partial charge in [0.25, 0.3) is 5.91 Å². The molecule has 31 heavy (non-hydrogen) atoms. The van der Waals surface area contributed by atoms with Crippen molar-refractivity contribution < 1.29 is 24.2 Å². The fourth-order valence-electron chi connectivity index (χ4n) is 2.81. The molecule has 0 atom stereocenters. The molecule has 1 aliphatic rings. The van der Waals surface area contributed by atoms with Gasteiger partial charge in [-0.25, -0.2) is 9.79 Å². The molecule has 2 aromatic carbocycles. The summed E-state index contributed by atoms with van der Waals surface area (Å²) in [5.74, 6) is -0.219. The van der Waals surface area contributed by atoms with Crippen molar-refractivity contribution in [1.29, 1.82) is 0 Å². The number of aromatic carboxylic acids is 1. The molecule has 9 heteroatoms. The Labute approximate surface area is 189 Å². The van der Waals surface area contributed by atoms with E-state index in [9.17, 15) is 9.59 Å². The number of ether oxygens (including phenoxy) is 2. The second-order valence-electron chi connectivity index (χ2n) is 6.42. The molecule has 0 aliphatic carbocycles. The molecule has 7 nitrogen and oxygen atoms in total. The van der Waals surface area contributed by atoms with Crippen molar-refractivity contribution in [3.8, 4) is 11.5 Å². The normalized spacial score (nSPS) is 16.3. The average Bonchev–Trinajstić information content (AvgIpc) is 2.99. The number of carboxylic acid groups (broad SMARTS) is 1. The summed E-state index contributed by atoms with van der Waals surface area (Å²) >= 11 is 7.59. The van der Waals surface area contributed by atoms with Gasteiger partial charge in [0.1, 0.15) is 0 Å². The Kier molecular flexibility index (Phi) is 7.25. The molecule has 0 bridgehead atoms. The van der Waals surface area contributed by atoms with Crippen LogP contribution in [-0.4, -0.2) is 47.3 Å². The molecular weight excluding hydrogens is 440 g/mol. The first kappa shape index (κ1) is 22.7. The maximum Gasteiger partial charge on any atom is 0.335 e. The van der Waals surface area contributed by atoms with E-state index < -0.39 is 5.97 Å². The van der Waals surface area contributed by atoms with Gasteiger partial charge in [0.15, 0.2) is 16.7 Å². The minimum atomic E-state index is -1.01. The molecule has 0 spiro atoms. The second kappa shape index (κ2) is 9.89. The van der Waals surface area contributed by atoms with E-state index in [4.69, 9.17) is 26.2 Å². The fraction of sp³-hybridized carbons (Fsp3) is 0.227. The number of nitrogens with zero attached hydrogens (tertiary/aromatic N) is 2. The monoisotopic (exact) mass is 460 g/mol. The van der Waals surface area contributed by atoms with Crippen molar-refractivity contribution in [2.75, 3.05) is 20.3 Å². The van der Waals surface area contributed by atoms with Crippen LogP contribution in [0.1, 0.15) is 29.8 Å². The fourth-order valence-corrected chi connectivity index (χ4v) is 4.07. The first-order valence-electron chi connectivity index (χ1n) is 9.52. The Balaban J connectivity index is 1.90. The van der Waals surface area contributed by atoms with E-state index in [0.717, 1.165) is 0 Å². The van der Waals surface area contributed by atoms with Crippen molar-refractivity contribution in [2.45, 2.75) is 13.8 Å². The van der Waals surface area contributed by atoms with Gasteiger partial charge in [0.2, 0.25) is 0 Å². The largest absolute Gasteiger partial charge is 0.490 e. The first-order valence-corrected chi connectivity index (χ1v) is 10.7. The summed E-state index contributed by atoms with van der Waals surface area (Å²) in [4.78, 5) is 30.1. The summed E-state index contributed by atoms with van der Waals surface area (Å²) in [6, 6.07) is 9.63. The van der Waals surface area contributed by atoms with Gasteiger partial charge in [-0.1, -0.05) is 11.6 Å². The lowest BCUT2D eigenvalue weighted by molar-refractivity contribution is -0.121. The van der Waals surface area contributed by atoms with Crippen molar-refractivity contribution in [1.82, 2.24) is 4.90 Å². The topological polar surface area (TPSA) is 88.4 Å². The summed E-state index contributed by atoms with van der Waals surface area (Å²) in [6.45, 7) is 4.63. The molecule has 1 aliphatic heterocycles. The molecule has 2 aromatic rings. The van der Waals surface area contributed by atoms with E-state index in [0.29, 0.717) is 51.1 Å². The maximum absolute atomic E-state index is 12.7. The van der Waals surface area contributed by atoms with Crippen LogP contribution in [0, 0.1) is 0 Å². The van der Waals surface area contributed by atoms with Gasteiger partial charge in [0.05, 0.1) is 34.4 Å². The standard InChI is InChI=1S/C22H21ClN2O5S/c1-4-29-17-11-13(10-16(23)19(17)30-5-2)12-18-20(26)25(3)22(31-18)24-15-8-6-14(7-9-15)21(27)28/h6-12H,4-5H2,1-3H3,(H,27,28)/b18-12-,24-22?. The van der Waals surface area contributed by atoms with E-state index >= 15 is 0 Å². The smallest absolute Gasteiger partial charge is 0.335 e. The van der Waals surface area contributed by atoms with Gasteiger partial charge in [-0.3, -0.25) is 9.69 Å². The molecule has 162 valence electrons. The first-order chi connectivity index (χ1) is 14.8. The van der Waals surface area contributed by atoms with Crippen LogP contribution in [0.25, 0.3) is 6.08 Å². The van der Waals surface area contributed by atoms with Crippen LogP contribution >= 0.6 is 23.4 Å². The molecule has 1 heterocycles. The van der Waals surface area contributed by atoms with Crippen LogP contribution in [0.3, 0.4) is 0 Å². The van der Waals surface area contributed by atoms with Gasteiger partial charge in [0, 0.05) is 7.05 Å². The van der Waals surface area contributed by atoms with E-state index in [-0.39, 0.29) is 11.5 Å². The molecule has 0 saturated carbocycles. The third kappa shape index (κ3) is 5.21. The van der Waals surface area contributed by atoms with E-state index in [1.807, 2.05) is 13.8 Å². The molecule has 0 aromatic heterocycles. The molecule has 1 amide bonds. The zero-order valence-corrected chi connectivity index (χ0v) is 18.8. The van der Waals surface area contributed by atoms with E-state index in [2.05, 4.69) is 4.99 Å². The van der Waals surface area contributed by atoms with Crippen molar-refractivity contribution in [2.24, 2.45) is 4.99 Å². The molecule has 0 radical (unpaired) electrons. The number of aliphatic imine (C=N–C) groups is 1. The maximum atomic E-state index is 12.7. The van der Waals surface area contributed by atoms with Crippen LogP contribution in [-0.2, 0) is 4.79 Å². The number of hydrogen-bond acceptors (Lipinski definition) is 6. The number of thioether (sulfide) groups is 1. The number of carboxylic acids is 1. The summed E-state index contributed by atoms with van der Waals surface area (Å²) < 4.78 is 11.2. The molecule has 0 unspecified atom stereocenters. The third-order valence-electron chi connectivity index (χ3n) is 4.26. The third-order valence-corrected chi connectivity index (χ3v) is 5.60. The van der Waals surface area contributed by atoms with Crippen LogP contribution in [0.15, 0.2) is 46.3 Å². The second-order valence-corrected chi connectivity index (χ2v) is 7.83. The number of carbonyl (C=O) groups excluding carboxylic acids is 1. The van der Waals surface area contributed by atoms with Crippen molar-refractivity contribution >= 4 is 52.2 Å². The van der Waals surface area contributed by atoms with Gasteiger partial charge in [-0.2, -0.15) is 0 Å². The Morgan fingerprint density at radius 2 is 1.87 bits per heavy atom. The van der Waals surface area contributed by atoms with Crippen LogP contribution in [0.2, 0.25) is 5.02 Å². The number of halogens is 1. The lowest BCUT2D eigenvalue weighted by Crippen LogP contribution is -2.23. The zero-order valence-electron chi connectivity index (χ0n) is 17.2. The molecule has 1 fully saturated rings. The highest BCUT2D eigenvalue weighted by Crippen LogP contribution is 2.39. The molecule has 3 rings (SSSR count). The van der Waals surface area contributed by atoms with Gasteiger partial charge in [-0.15, -0.1) is 0 Å². The van der Waals surface area contributed by atoms with Crippen LogP contribution in [0.4, 0.5) is 5.69 Å². The van der Waals surface area contributed by atoms with E-state index in [1.165, 1.54) is 28.8 Å². The highest BCUT2D eigenvalue weighted by molar-refractivity contribution is 8.18. The number of carbonyl (C=O) groups is 2. The lowest BCUT2D eigenvalue weighted by atomic mass is 10.1. The summed E-state index contributed by atoms with van der Waals surface area (Å²) in [5.41, 5.74) is 1.43. The van der Waals surface area contributed by atoms with Gasteiger partial charge in [-0.05, 0) is 73.6 Å². The average molecular weight is 461 g/mol. The number of rotatable bonds is 7. The number of hydrogen-bond donors (Lipinski definition) is 1. The Hall–Kier alpha value is -2.97. The summed E-state index contributed by atoms with van der Waals surface area (Å²) in [6.07, 6.45) is 1.73. The zero-order chi connectivity index (χ0) is 22.5. The highest BCUT2D eigenvalue weighted by Gasteiger charge is 2.30. The predicted octanol–water partition coefficient (Wildman–Crippen LogP) is 5.07. The van der Waals surface area contributed by atoms with E-state index in [1.54, 1.807) is 37.4 Å². The minimum absolute atomic E-state index is 0.172. The summed E-state index contributed by atoms with van der Waals surface area (Å²) in [5, 5.41) is 9.89. The van der Waals surface area contributed by atoms with Crippen LogP contribution in [0.5, 0.6) is 11.5 Å². The quantitative estimate of drug-likeness (QED) is 0.580. The Morgan fingerprint density at radius 1 is 1.19 bits per heavy atom. The SMILES string of the molecule is CCOc1cc(/C=C2\SC(=Nc3ccc(C(=O)O)cc3)N(C)C2=O)cc(Cl)c1OCC. The minimum Gasteiger partial charge on any atom is -0.490 e. The molecular formula is C22H21ClN2O5S. The Bertz CT molecular complexity index is 1070. The Morgan fingerprint density at radius 3 is 2.48 bits per heavy atom. The van der Waals surface area contributed by atoms with Gasteiger partial charge >= 0.3 is 5.97 Å². The van der Waals surface area contributed by atoms with Crippen molar-refractivity contribution in [3.63, 3.8) is 0 Å². The molecule has 1 N–H and O–H groups in total. The molecule has 1 saturated heterocycles. The van der Waals surface area contributed by atoms with Gasteiger partial charge < -0.3 is 14.6 Å².